The zero-order valence-electron chi connectivity index (χ0n) is 15.2. The van der Waals surface area contributed by atoms with E-state index in [1.54, 1.807) is 39.0 Å². The second kappa shape index (κ2) is 7.35. The van der Waals surface area contributed by atoms with Gasteiger partial charge in [-0.15, -0.1) is 0 Å². The van der Waals surface area contributed by atoms with Crippen LogP contribution in [0.15, 0.2) is 34.4 Å². The Morgan fingerprint density at radius 2 is 1.92 bits per heavy atom. The number of allylic oxidation sites excluding steroid dienone is 1. The fourth-order valence-corrected chi connectivity index (χ4v) is 2.24. The van der Waals surface area contributed by atoms with Gasteiger partial charge in [0.2, 0.25) is 0 Å². The first kappa shape index (κ1) is 18.5. The monoisotopic (exact) mass is 338 g/mol. The van der Waals surface area contributed by atoms with Crippen LogP contribution in [0.25, 0.3) is 6.08 Å². The first-order valence-electron chi connectivity index (χ1n) is 8.03. The van der Waals surface area contributed by atoms with Gasteiger partial charge in [0, 0.05) is 5.41 Å². The third kappa shape index (κ3) is 4.57. The van der Waals surface area contributed by atoms with E-state index in [0.717, 1.165) is 22.6 Å². The van der Waals surface area contributed by atoms with Crippen molar-refractivity contribution < 1.29 is 14.1 Å². The standard InChI is InChI=1S/C20H22N2O3/c1-13-18(14(2)25-22-13)12-24-17-8-6-15(7-9-17)10-16(11-21)19(23)20(3,4)5/h6-10H,12H2,1-5H3/b16-10+. The smallest absolute Gasteiger partial charge is 0.178 e. The molecular weight excluding hydrogens is 316 g/mol. The van der Waals surface area contributed by atoms with Gasteiger partial charge in [-0.05, 0) is 37.6 Å². The molecule has 5 nitrogen and oxygen atoms in total. The second-order valence-electron chi connectivity index (χ2n) is 6.91. The highest BCUT2D eigenvalue weighted by molar-refractivity contribution is 6.06. The second-order valence-corrected chi connectivity index (χ2v) is 6.91. The van der Waals surface area contributed by atoms with Gasteiger partial charge in [-0.1, -0.05) is 38.1 Å². The largest absolute Gasteiger partial charge is 0.489 e. The molecule has 0 atom stereocenters. The van der Waals surface area contributed by atoms with Gasteiger partial charge in [0.25, 0.3) is 0 Å². The van der Waals surface area contributed by atoms with Crippen LogP contribution in [-0.2, 0) is 11.4 Å². The fraction of sp³-hybridized carbons (Fsp3) is 0.350. The Labute approximate surface area is 147 Å². The van der Waals surface area contributed by atoms with Crippen molar-refractivity contribution >= 4 is 11.9 Å². The van der Waals surface area contributed by atoms with E-state index in [1.165, 1.54) is 0 Å². The molecule has 1 heterocycles. The molecule has 0 N–H and O–H groups in total. The van der Waals surface area contributed by atoms with Crippen molar-refractivity contribution in [2.45, 2.75) is 41.2 Å². The lowest BCUT2D eigenvalue weighted by molar-refractivity contribution is -0.121. The van der Waals surface area contributed by atoms with Crippen molar-refractivity contribution in [1.82, 2.24) is 5.16 Å². The summed E-state index contributed by atoms with van der Waals surface area (Å²) in [5, 5.41) is 13.1. The Hall–Kier alpha value is -2.87. The van der Waals surface area contributed by atoms with E-state index < -0.39 is 5.41 Å². The number of Topliss-reactive ketones (excluding diaryl/α,β-unsaturated/α-hetero) is 1. The van der Waals surface area contributed by atoms with Crippen LogP contribution in [0.1, 0.15) is 43.4 Å². The van der Waals surface area contributed by atoms with E-state index in [9.17, 15) is 10.1 Å². The average molecular weight is 338 g/mol. The summed E-state index contributed by atoms with van der Waals surface area (Å²) >= 11 is 0. The molecule has 130 valence electrons. The molecule has 2 rings (SSSR count). The molecule has 0 aliphatic carbocycles. The Balaban J connectivity index is 2.10. The first-order valence-corrected chi connectivity index (χ1v) is 8.03. The predicted octanol–water partition coefficient (Wildman–Crippen LogP) is 4.39. The summed E-state index contributed by atoms with van der Waals surface area (Å²) in [6.45, 7) is 9.49. The van der Waals surface area contributed by atoms with Crippen molar-refractivity contribution in [2.24, 2.45) is 5.41 Å². The highest BCUT2D eigenvalue weighted by Crippen LogP contribution is 2.23. The number of benzene rings is 1. The molecule has 0 unspecified atom stereocenters. The van der Waals surface area contributed by atoms with Crippen molar-refractivity contribution in [3.63, 3.8) is 0 Å². The number of nitriles is 1. The summed E-state index contributed by atoms with van der Waals surface area (Å²) in [5.41, 5.74) is 2.09. The minimum absolute atomic E-state index is 0.150. The Bertz CT molecular complexity index is 812. The van der Waals surface area contributed by atoms with Gasteiger partial charge in [-0.3, -0.25) is 4.79 Å². The molecule has 0 fully saturated rings. The van der Waals surface area contributed by atoms with Gasteiger partial charge in [-0.2, -0.15) is 5.26 Å². The normalized spacial score (nSPS) is 11.9. The summed E-state index contributed by atoms with van der Waals surface area (Å²) in [4.78, 5) is 12.2. The number of nitrogens with zero attached hydrogens (tertiary/aromatic N) is 2. The quantitative estimate of drug-likeness (QED) is 0.597. The lowest BCUT2D eigenvalue weighted by atomic mass is 9.86. The molecule has 1 aromatic carbocycles. The van der Waals surface area contributed by atoms with Gasteiger partial charge in [0.15, 0.2) is 5.78 Å². The van der Waals surface area contributed by atoms with E-state index in [1.807, 2.05) is 32.0 Å². The third-order valence-electron chi connectivity index (χ3n) is 3.80. The summed E-state index contributed by atoms with van der Waals surface area (Å²) in [5.74, 6) is 1.27. The molecule has 0 spiro atoms. The van der Waals surface area contributed by atoms with Gasteiger partial charge < -0.3 is 9.26 Å². The van der Waals surface area contributed by atoms with Gasteiger partial charge in [0.1, 0.15) is 24.2 Å². The van der Waals surface area contributed by atoms with E-state index in [-0.39, 0.29) is 11.4 Å². The summed E-state index contributed by atoms with van der Waals surface area (Å²) < 4.78 is 10.9. The topological polar surface area (TPSA) is 76.1 Å². The molecule has 0 saturated heterocycles. The average Bonchev–Trinajstić information content (AvgIpc) is 2.88. The number of carbonyl (C=O) groups is 1. The SMILES string of the molecule is Cc1noc(C)c1COc1ccc(/C=C(\C#N)C(=O)C(C)(C)C)cc1. The molecule has 0 aliphatic heterocycles. The number of ether oxygens (including phenoxy) is 1. The first-order chi connectivity index (χ1) is 11.7. The number of hydrogen-bond donors (Lipinski definition) is 0. The Kier molecular flexibility index (Phi) is 5.43. The van der Waals surface area contributed by atoms with Crippen LogP contribution in [0.5, 0.6) is 5.75 Å². The zero-order chi connectivity index (χ0) is 18.6. The van der Waals surface area contributed by atoms with Gasteiger partial charge in [-0.25, -0.2) is 0 Å². The van der Waals surface area contributed by atoms with E-state index in [0.29, 0.717) is 12.4 Å². The number of hydrogen-bond acceptors (Lipinski definition) is 5. The van der Waals surface area contributed by atoms with Crippen molar-refractivity contribution in [2.75, 3.05) is 0 Å². The van der Waals surface area contributed by atoms with Gasteiger partial charge >= 0.3 is 0 Å². The lowest BCUT2D eigenvalue weighted by Gasteiger charge is -2.15. The molecule has 0 saturated carbocycles. The molecule has 0 amide bonds. The number of aromatic nitrogens is 1. The van der Waals surface area contributed by atoms with Crippen LogP contribution < -0.4 is 4.74 Å². The van der Waals surface area contributed by atoms with Crippen LogP contribution in [0.4, 0.5) is 0 Å². The highest BCUT2D eigenvalue weighted by Gasteiger charge is 2.24. The van der Waals surface area contributed by atoms with Crippen molar-refractivity contribution in [1.29, 1.82) is 5.26 Å². The third-order valence-corrected chi connectivity index (χ3v) is 3.80. The number of carbonyl (C=O) groups excluding carboxylic acids is 1. The molecule has 5 heteroatoms. The molecular formula is C20H22N2O3. The lowest BCUT2D eigenvalue weighted by Crippen LogP contribution is -2.21. The number of rotatable bonds is 5. The number of ketones is 1. The maximum absolute atomic E-state index is 12.2. The highest BCUT2D eigenvalue weighted by atomic mass is 16.5. The van der Waals surface area contributed by atoms with Crippen molar-refractivity contribution in [3.05, 3.63) is 52.4 Å². The van der Waals surface area contributed by atoms with E-state index >= 15 is 0 Å². The summed E-state index contributed by atoms with van der Waals surface area (Å²) in [7, 11) is 0. The number of aryl methyl sites for hydroxylation is 2. The van der Waals surface area contributed by atoms with Crippen LogP contribution in [0, 0.1) is 30.6 Å². The summed E-state index contributed by atoms with van der Waals surface area (Å²) in [6, 6.07) is 9.23. The van der Waals surface area contributed by atoms with E-state index in [2.05, 4.69) is 5.16 Å². The molecule has 2 aromatic rings. The Morgan fingerprint density at radius 3 is 2.40 bits per heavy atom. The molecule has 1 aromatic heterocycles. The maximum Gasteiger partial charge on any atom is 0.178 e. The predicted molar refractivity (Wildman–Crippen MR) is 94.8 cm³/mol. The maximum atomic E-state index is 12.2. The zero-order valence-corrected chi connectivity index (χ0v) is 15.2. The van der Waals surface area contributed by atoms with Crippen LogP contribution in [0.3, 0.4) is 0 Å². The van der Waals surface area contributed by atoms with Crippen LogP contribution in [-0.4, -0.2) is 10.9 Å². The summed E-state index contributed by atoms with van der Waals surface area (Å²) in [6.07, 6.45) is 1.60. The molecule has 0 bridgehead atoms. The molecule has 0 aliphatic rings. The molecule has 25 heavy (non-hydrogen) atoms. The van der Waals surface area contributed by atoms with Gasteiger partial charge in [0.05, 0.1) is 16.8 Å². The Morgan fingerprint density at radius 1 is 1.28 bits per heavy atom. The molecule has 0 radical (unpaired) electrons. The minimum Gasteiger partial charge on any atom is -0.489 e. The van der Waals surface area contributed by atoms with E-state index in [4.69, 9.17) is 9.26 Å². The van der Waals surface area contributed by atoms with Crippen LogP contribution in [0.2, 0.25) is 0 Å². The van der Waals surface area contributed by atoms with Crippen LogP contribution >= 0.6 is 0 Å². The fourth-order valence-electron chi connectivity index (χ4n) is 2.24. The minimum atomic E-state index is -0.584. The van der Waals surface area contributed by atoms with Crippen molar-refractivity contribution in [3.8, 4) is 11.8 Å².